The molecule has 0 aromatic heterocycles. The normalized spacial score (nSPS) is 22.5. The predicted octanol–water partition coefficient (Wildman–Crippen LogP) is 7.02. The third kappa shape index (κ3) is 7.17. The van der Waals surface area contributed by atoms with E-state index in [1.54, 1.807) is 20.1 Å². The first-order chi connectivity index (χ1) is 22.7. The van der Waals surface area contributed by atoms with E-state index in [4.69, 9.17) is 32.9 Å². The molecule has 2 aliphatic heterocycles. The molecule has 3 atom stereocenters. The molecule has 0 bridgehead atoms. The second kappa shape index (κ2) is 14.5. The lowest BCUT2D eigenvalue weighted by molar-refractivity contribution is 0.0781. The summed E-state index contributed by atoms with van der Waals surface area (Å²) < 4.78 is 17.8. The smallest absolute Gasteiger partial charge is 0.326 e. The number of aliphatic hydroxyl groups is 1. The molecule has 1 N–H and O–H groups in total. The minimum Gasteiger partial charge on any atom is -0.493 e. The van der Waals surface area contributed by atoms with E-state index < -0.39 is 27.5 Å². The van der Waals surface area contributed by atoms with Crippen molar-refractivity contribution in [2.75, 3.05) is 51.3 Å². The number of carbonyl (C=O) groups is 1. The Labute approximate surface area is 297 Å². The Kier molecular flexibility index (Phi) is 11.0. The first-order valence-electron chi connectivity index (χ1n) is 16.4. The van der Waals surface area contributed by atoms with E-state index in [1.807, 2.05) is 83.5 Å². The number of urea groups is 1. The molecule has 1 unspecified atom stereocenters. The third-order valence-corrected chi connectivity index (χ3v) is 11.1. The molecule has 2 aliphatic rings. The van der Waals surface area contributed by atoms with Crippen molar-refractivity contribution < 1.29 is 18.8 Å². The molecule has 0 radical (unpaired) electrons. The zero-order valence-electron chi connectivity index (χ0n) is 28.6. The van der Waals surface area contributed by atoms with E-state index in [2.05, 4.69) is 18.7 Å². The van der Waals surface area contributed by atoms with Crippen LogP contribution in [0.1, 0.15) is 63.3 Å². The van der Waals surface area contributed by atoms with Gasteiger partial charge in [0.05, 0.1) is 17.8 Å². The highest BCUT2D eigenvalue weighted by molar-refractivity contribution is 7.84. The molecule has 0 aliphatic carbocycles. The van der Waals surface area contributed by atoms with Crippen molar-refractivity contribution in [3.05, 3.63) is 99.0 Å². The maximum Gasteiger partial charge on any atom is 0.326 e. The Hall–Kier alpha value is -2.95. The zero-order chi connectivity index (χ0) is 34.9. The lowest BCUT2D eigenvalue weighted by Gasteiger charge is -2.47. The number of ether oxygens (including phenoxy) is 1. The van der Waals surface area contributed by atoms with Gasteiger partial charge >= 0.3 is 6.03 Å². The number of aliphatic imine (C=N–C) groups is 1. The molecule has 0 spiro atoms. The Morgan fingerprint density at radius 1 is 0.958 bits per heavy atom. The summed E-state index contributed by atoms with van der Waals surface area (Å²) in [5, 5.41) is 12.1. The van der Waals surface area contributed by atoms with Gasteiger partial charge in [0.15, 0.2) is 0 Å². The van der Waals surface area contributed by atoms with Gasteiger partial charge in [0.25, 0.3) is 0 Å². The van der Waals surface area contributed by atoms with Crippen molar-refractivity contribution >= 4 is 45.9 Å². The molecule has 3 aromatic carbocycles. The van der Waals surface area contributed by atoms with Crippen LogP contribution in [0.4, 0.5) is 4.79 Å². The van der Waals surface area contributed by atoms with Crippen LogP contribution in [-0.4, -0.2) is 87.2 Å². The Bertz CT molecular complexity index is 1670. The van der Waals surface area contributed by atoms with Crippen LogP contribution in [0.2, 0.25) is 10.0 Å². The summed E-state index contributed by atoms with van der Waals surface area (Å²) in [5.41, 5.74) is 0.0247. The van der Waals surface area contributed by atoms with Gasteiger partial charge < -0.3 is 14.7 Å². The van der Waals surface area contributed by atoms with Crippen LogP contribution in [-0.2, 0) is 27.5 Å². The van der Waals surface area contributed by atoms with Crippen LogP contribution < -0.4 is 4.74 Å². The SMILES string of the molecule is CCOc1cc(C(C)(C)O)ccc1C1=N[C@@](C)(c2ccc(Cl)cc2)[C@@](C)(c2ccc(Cl)cc2)N1C(=O)N1CCN(CCCS(C)=O)CC1. The fourth-order valence-electron chi connectivity index (χ4n) is 6.73. The molecular weight excluding hydrogens is 667 g/mol. The second-order valence-corrected chi connectivity index (χ2v) is 15.8. The van der Waals surface area contributed by atoms with Gasteiger partial charge in [-0.1, -0.05) is 53.5 Å². The maximum atomic E-state index is 15.1. The van der Waals surface area contributed by atoms with E-state index in [0.29, 0.717) is 58.2 Å². The van der Waals surface area contributed by atoms with E-state index in [9.17, 15) is 9.32 Å². The molecule has 1 fully saturated rings. The van der Waals surface area contributed by atoms with Crippen LogP contribution in [0, 0.1) is 0 Å². The number of hydrogen-bond acceptors (Lipinski definition) is 6. The number of nitrogens with zero attached hydrogens (tertiary/aromatic N) is 4. The van der Waals surface area contributed by atoms with Gasteiger partial charge in [0.2, 0.25) is 0 Å². The molecule has 1 saturated heterocycles. The first kappa shape index (κ1) is 36.3. The highest BCUT2D eigenvalue weighted by Gasteiger charge is 2.60. The average molecular weight is 714 g/mol. The molecule has 5 rings (SSSR count). The molecule has 2 heterocycles. The molecule has 11 heteroatoms. The van der Waals surface area contributed by atoms with Crippen LogP contribution in [0.3, 0.4) is 0 Å². The summed E-state index contributed by atoms with van der Waals surface area (Å²) in [4.78, 5) is 26.6. The van der Waals surface area contributed by atoms with Gasteiger partial charge in [-0.2, -0.15) is 0 Å². The summed E-state index contributed by atoms with van der Waals surface area (Å²) in [6, 6.07) is 20.7. The van der Waals surface area contributed by atoms with Gasteiger partial charge in [-0.05, 0) is 101 Å². The number of amides is 2. The Morgan fingerprint density at radius 2 is 1.54 bits per heavy atom. The van der Waals surface area contributed by atoms with Crippen molar-refractivity contribution in [3.8, 4) is 5.75 Å². The lowest BCUT2D eigenvalue weighted by atomic mass is 9.71. The summed E-state index contributed by atoms with van der Waals surface area (Å²) in [6.45, 7) is 13.3. The van der Waals surface area contributed by atoms with Gasteiger partial charge in [0.1, 0.15) is 22.7 Å². The minimum absolute atomic E-state index is 0.160. The molecule has 48 heavy (non-hydrogen) atoms. The largest absolute Gasteiger partial charge is 0.493 e. The molecule has 2 amide bonds. The molecule has 258 valence electrons. The van der Waals surface area contributed by atoms with Crippen molar-refractivity contribution in [2.45, 2.75) is 57.7 Å². The number of benzene rings is 3. The van der Waals surface area contributed by atoms with Gasteiger partial charge in [-0.15, -0.1) is 0 Å². The molecule has 0 saturated carbocycles. The minimum atomic E-state index is -1.10. The summed E-state index contributed by atoms with van der Waals surface area (Å²) in [5.74, 6) is 1.68. The van der Waals surface area contributed by atoms with Crippen LogP contribution in [0.15, 0.2) is 71.7 Å². The van der Waals surface area contributed by atoms with Crippen LogP contribution in [0.5, 0.6) is 5.75 Å². The lowest BCUT2D eigenvalue weighted by Crippen LogP contribution is -2.60. The Morgan fingerprint density at radius 3 is 2.08 bits per heavy atom. The Balaban J connectivity index is 1.67. The number of piperazine rings is 1. The van der Waals surface area contributed by atoms with Crippen LogP contribution in [0.25, 0.3) is 0 Å². The summed E-state index contributed by atoms with van der Waals surface area (Å²) in [6.07, 6.45) is 2.59. The van der Waals surface area contributed by atoms with E-state index in [0.717, 1.165) is 37.2 Å². The summed E-state index contributed by atoms with van der Waals surface area (Å²) in [7, 11) is -0.823. The highest BCUT2D eigenvalue weighted by atomic mass is 35.5. The number of hydrogen-bond donors (Lipinski definition) is 1. The quantitative estimate of drug-likeness (QED) is 0.244. The number of carbonyl (C=O) groups excluding carboxylic acids is 1. The zero-order valence-corrected chi connectivity index (χ0v) is 31.0. The fraction of sp³-hybridized carbons (Fsp3) is 0.459. The van der Waals surface area contributed by atoms with Crippen molar-refractivity contribution in [3.63, 3.8) is 0 Å². The van der Waals surface area contributed by atoms with Gasteiger partial charge in [0, 0.05) is 59.0 Å². The molecular formula is C37H46Cl2N4O4S. The standard InChI is InChI=1S/C37H46Cl2N4O4S/c1-7-47-32-25-28(35(2,3)45)13-18-31(32)33-40-36(4,26-9-14-29(38)15-10-26)37(5,27-11-16-30(39)17-12-27)43(33)34(44)42-22-20-41(21-23-42)19-8-24-48(6)46/h9-18,25,45H,7-8,19-24H2,1-6H3/t36-,37+,48?/m0/s1. The monoisotopic (exact) mass is 712 g/mol. The number of rotatable bonds is 10. The number of amidine groups is 1. The summed E-state index contributed by atoms with van der Waals surface area (Å²) >= 11 is 12.8. The fourth-order valence-corrected chi connectivity index (χ4v) is 7.51. The van der Waals surface area contributed by atoms with Crippen molar-refractivity contribution in [1.82, 2.24) is 14.7 Å². The highest BCUT2D eigenvalue weighted by Crippen LogP contribution is 2.54. The maximum absolute atomic E-state index is 15.1. The van der Waals surface area contributed by atoms with E-state index in [-0.39, 0.29) is 6.03 Å². The van der Waals surface area contributed by atoms with Gasteiger partial charge in [-0.25, -0.2) is 4.79 Å². The second-order valence-electron chi connectivity index (χ2n) is 13.4. The predicted molar refractivity (Wildman–Crippen MR) is 196 cm³/mol. The van der Waals surface area contributed by atoms with Crippen molar-refractivity contribution in [2.24, 2.45) is 4.99 Å². The van der Waals surface area contributed by atoms with E-state index in [1.165, 1.54) is 0 Å². The first-order valence-corrected chi connectivity index (χ1v) is 18.9. The van der Waals surface area contributed by atoms with Crippen LogP contribution >= 0.6 is 23.2 Å². The van der Waals surface area contributed by atoms with Crippen molar-refractivity contribution in [1.29, 1.82) is 0 Å². The molecule has 3 aromatic rings. The van der Waals surface area contributed by atoms with Gasteiger partial charge in [-0.3, -0.25) is 19.0 Å². The number of halogens is 2. The van der Waals surface area contributed by atoms with E-state index >= 15 is 4.79 Å². The third-order valence-electron chi connectivity index (χ3n) is 9.72. The topological polar surface area (TPSA) is 85.7 Å². The average Bonchev–Trinajstić information content (AvgIpc) is 3.29. The molecule has 8 nitrogen and oxygen atoms in total.